The number of hydrogen-bond donors (Lipinski definition) is 1. The van der Waals surface area contributed by atoms with Crippen molar-refractivity contribution in [3.63, 3.8) is 0 Å². The van der Waals surface area contributed by atoms with Crippen LogP contribution in [0.5, 0.6) is 11.5 Å². The van der Waals surface area contributed by atoms with Gasteiger partial charge in [0.1, 0.15) is 5.38 Å². The van der Waals surface area contributed by atoms with Gasteiger partial charge < -0.3 is 14.3 Å². The van der Waals surface area contributed by atoms with Gasteiger partial charge in [0.15, 0.2) is 11.5 Å². The first-order valence-electron chi connectivity index (χ1n) is 4.96. The number of phenolic OH excluding ortho intramolecular Hbond substituents is 1. The average Bonchev–Trinajstić information content (AvgIpc) is 2.78. The molecule has 0 fully saturated rings. The maximum absolute atomic E-state index is 9.63. The number of aromatic hydroxyl groups is 1. The highest BCUT2D eigenvalue weighted by Gasteiger charge is 2.13. The zero-order chi connectivity index (χ0) is 12.4. The van der Waals surface area contributed by atoms with Gasteiger partial charge in [0.2, 0.25) is 11.8 Å². The van der Waals surface area contributed by atoms with Crippen LogP contribution in [-0.4, -0.2) is 22.4 Å². The molecule has 1 aromatic carbocycles. The molecule has 6 heteroatoms. The van der Waals surface area contributed by atoms with Gasteiger partial charge in [-0.05, 0) is 25.1 Å². The molecule has 1 heterocycles. The van der Waals surface area contributed by atoms with Gasteiger partial charge in [0.25, 0.3) is 0 Å². The van der Waals surface area contributed by atoms with Crippen molar-refractivity contribution in [3.05, 3.63) is 24.1 Å². The Labute approximate surface area is 103 Å². The predicted molar refractivity (Wildman–Crippen MR) is 62.2 cm³/mol. The normalized spacial score (nSPS) is 12.4. The first kappa shape index (κ1) is 11.7. The molecule has 0 saturated carbocycles. The molecule has 0 aliphatic rings. The van der Waals surface area contributed by atoms with Crippen LogP contribution in [0.25, 0.3) is 11.5 Å². The molecule has 1 atom stereocenters. The highest BCUT2D eigenvalue weighted by Crippen LogP contribution is 2.31. The second-order valence-corrected chi connectivity index (χ2v) is 4.10. The third-order valence-corrected chi connectivity index (χ3v) is 2.39. The lowest BCUT2D eigenvalue weighted by atomic mass is 10.2. The molecule has 2 aromatic rings. The summed E-state index contributed by atoms with van der Waals surface area (Å²) in [5, 5.41) is 16.9. The van der Waals surface area contributed by atoms with Crippen molar-refractivity contribution in [1.29, 1.82) is 0 Å². The van der Waals surface area contributed by atoms with Gasteiger partial charge in [0, 0.05) is 5.56 Å². The van der Waals surface area contributed by atoms with Crippen molar-refractivity contribution in [1.82, 2.24) is 10.2 Å². The smallest absolute Gasteiger partial charge is 0.247 e. The predicted octanol–water partition coefficient (Wildman–Crippen LogP) is 2.75. The topological polar surface area (TPSA) is 68.4 Å². The summed E-state index contributed by atoms with van der Waals surface area (Å²) in [4.78, 5) is 0. The van der Waals surface area contributed by atoms with E-state index in [4.69, 9.17) is 20.8 Å². The molecule has 17 heavy (non-hydrogen) atoms. The summed E-state index contributed by atoms with van der Waals surface area (Å²) in [6, 6.07) is 4.84. The lowest BCUT2D eigenvalue weighted by Gasteiger charge is -2.03. The van der Waals surface area contributed by atoms with Gasteiger partial charge in [-0.15, -0.1) is 21.8 Å². The number of halogens is 1. The number of methoxy groups -OCH3 is 1. The molecule has 0 saturated heterocycles. The van der Waals surface area contributed by atoms with Crippen molar-refractivity contribution >= 4 is 11.6 Å². The fourth-order valence-electron chi connectivity index (χ4n) is 1.34. The molecular weight excluding hydrogens is 244 g/mol. The summed E-state index contributed by atoms with van der Waals surface area (Å²) in [6.45, 7) is 1.74. The van der Waals surface area contributed by atoms with Crippen LogP contribution in [-0.2, 0) is 0 Å². The molecule has 1 aromatic heterocycles. The van der Waals surface area contributed by atoms with Crippen LogP contribution in [0.2, 0.25) is 0 Å². The number of phenols is 1. The van der Waals surface area contributed by atoms with Gasteiger partial charge in [-0.25, -0.2) is 0 Å². The van der Waals surface area contributed by atoms with Crippen molar-refractivity contribution in [3.8, 4) is 23.0 Å². The van der Waals surface area contributed by atoms with E-state index >= 15 is 0 Å². The molecule has 0 aliphatic carbocycles. The second-order valence-electron chi connectivity index (χ2n) is 3.45. The summed E-state index contributed by atoms with van der Waals surface area (Å²) in [7, 11) is 1.48. The van der Waals surface area contributed by atoms with Crippen LogP contribution in [0.1, 0.15) is 18.2 Å². The Balaban J connectivity index is 2.36. The number of nitrogens with zero attached hydrogens (tertiary/aromatic N) is 2. The van der Waals surface area contributed by atoms with E-state index in [0.717, 1.165) is 0 Å². The minimum atomic E-state index is -0.344. The van der Waals surface area contributed by atoms with Gasteiger partial charge in [-0.2, -0.15) is 0 Å². The van der Waals surface area contributed by atoms with Crippen LogP contribution in [0.3, 0.4) is 0 Å². The van der Waals surface area contributed by atoms with E-state index in [9.17, 15) is 5.11 Å². The van der Waals surface area contributed by atoms with Crippen molar-refractivity contribution in [2.75, 3.05) is 7.11 Å². The zero-order valence-corrected chi connectivity index (χ0v) is 10.1. The standard InChI is InChI=1S/C11H11ClN2O3/c1-6(12)10-13-14-11(17-10)7-3-4-9(16-2)8(15)5-7/h3-6,15H,1-2H3. The lowest BCUT2D eigenvalue weighted by Crippen LogP contribution is -1.84. The van der Waals surface area contributed by atoms with E-state index in [1.54, 1.807) is 19.1 Å². The summed E-state index contributed by atoms with van der Waals surface area (Å²) >= 11 is 5.82. The minimum absolute atomic E-state index is 0.0173. The number of rotatable bonds is 3. The Kier molecular flexibility index (Phi) is 3.19. The van der Waals surface area contributed by atoms with E-state index in [0.29, 0.717) is 23.1 Å². The van der Waals surface area contributed by atoms with E-state index in [1.165, 1.54) is 13.2 Å². The molecule has 0 radical (unpaired) electrons. The molecule has 2 rings (SSSR count). The summed E-state index contributed by atoms with van der Waals surface area (Å²) in [6.07, 6.45) is 0. The van der Waals surface area contributed by atoms with E-state index in [-0.39, 0.29) is 11.1 Å². The first-order valence-corrected chi connectivity index (χ1v) is 5.40. The Hall–Kier alpha value is -1.75. The van der Waals surface area contributed by atoms with Crippen molar-refractivity contribution < 1.29 is 14.3 Å². The maximum atomic E-state index is 9.63. The molecule has 0 bridgehead atoms. The Morgan fingerprint density at radius 2 is 2.18 bits per heavy atom. The third-order valence-electron chi connectivity index (χ3n) is 2.21. The molecule has 0 amide bonds. The van der Waals surface area contributed by atoms with Gasteiger partial charge in [0.05, 0.1) is 7.11 Å². The molecule has 1 unspecified atom stereocenters. The summed E-state index contributed by atoms with van der Waals surface area (Å²) in [5.74, 6) is 1.06. The van der Waals surface area contributed by atoms with Gasteiger partial charge in [-0.3, -0.25) is 0 Å². The molecule has 90 valence electrons. The van der Waals surface area contributed by atoms with Gasteiger partial charge >= 0.3 is 0 Å². The highest BCUT2D eigenvalue weighted by molar-refractivity contribution is 6.20. The van der Waals surface area contributed by atoms with Crippen LogP contribution in [0.15, 0.2) is 22.6 Å². The number of hydrogen-bond acceptors (Lipinski definition) is 5. The first-order chi connectivity index (χ1) is 8.11. The largest absolute Gasteiger partial charge is 0.504 e. The monoisotopic (exact) mass is 254 g/mol. The number of benzene rings is 1. The van der Waals surface area contributed by atoms with E-state index in [2.05, 4.69) is 10.2 Å². The third kappa shape index (κ3) is 2.34. The summed E-state index contributed by atoms with van der Waals surface area (Å²) in [5.41, 5.74) is 0.611. The molecule has 5 nitrogen and oxygen atoms in total. The molecule has 0 spiro atoms. The highest BCUT2D eigenvalue weighted by atomic mass is 35.5. The van der Waals surface area contributed by atoms with Crippen LogP contribution in [0.4, 0.5) is 0 Å². The van der Waals surface area contributed by atoms with E-state index < -0.39 is 0 Å². The lowest BCUT2D eigenvalue weighted by molar-refractivity contribution is 0.373. The van der Waals surface area contributed by atoms with Crippen LogP contribution < -0.4 is 4.74 Å². The Morgan fingerprint density at radius 1 is 1.41 bits per heavy atom. The molecule has 1 N–H and O–H groups in total. The van der Waals surface area contributed by atoms with Gasteiger partial charge in [-0.1, -0.05) is 0 Å². The fourth-order valence-corrected chi connectivity index (χ4v) is 1.42. The van der Waals surface area contributed by atoms with Crippen LogP contribution >= 0.6 is 11.6 Å². The SMILES string of the molecule is COc1ccc(-c2nnc(C(C)Cl)o2)cc1O. The number of aromatic nitrogens is 2. The Bertz CT molecular complexity index is 525. The maximum Gasteiger partial charge on any atom is 0.247 e. The number of ether oxygens (including phenoxy) is 1. The summed E-state index contributed by atoms with van der Waals surface area (Å²) < 4.78 is 10.3. The second kappa shape index (κ2) is 4.63. The van der Waals surface area contributed by atoms with E-state index in [1.807, 2.05) is 0 Å². The quantitative estimate of drug-likeness (QED) is 0.853. The van der Waals surface area contributed by atoms with Crippen molar-refractivity contribution in [2.24, 2.45) is 0 Å². The molecular formula is C11H11ClN2O3. The zero-order valence-electron chi connectivity index (χ0n) is 9.35. The Morgan fingerprint density at radius 3 is 2.71 bits per heavy atom. The average molecular weight is 255 g/mol. The molecule has 0 aliphatic heterocycles. The minimum Gasteiger partial charge on any atom is -0.504 e. The van der Waals surface area contributed by atoms with Crippen molar-refractivity contribution in [2.45, 2.75) is 12.3 Å². The van der Waals surface area contributed by atoms with Crippen LogP contribution in [0, 0.1) is 0 Å². The fraction of sp³-hybridized carbons (Fsp3) is 0.273. The number of alkyl halides is 1.